The fourth-order valence-electron chi connectivity index (χ4n) is 3.59. The van der Waals surface area contributed by atoms with Gasteiger partial charge in [0, 0.05) is 49.8 Å². The van der Waals surface area contributed by atoms with Crippen LogP contribution in [0.1, 0.15) is 21.5 Å². The molecule has 29 heavy (non-hydrogen) atoms. The Kier molecular flexibility index (Phi) is 5.42. The summed E-state index contributed by atoms with van der Waals surface area (Å²) < 4.78 is 0. The lowest BCUT2D eigenvalue weighted by molar-refractivity contribution is 0.102. The molecule has 1 aromatic carbocycles. The van der Waals surface area contributed by atoms with Crippen LogP contribution in [0.15, 0.2) is 60.9 Å². The SMILES string of the molecule is Cc1ccc(NC(=O)c2ccnc(N3CCN(c4ccccn4)CC3)c2)c(C)c1. The maximum Gasteiger partial charge on any atom is 0.255 e. The van der Waals surface area contributed by atoms with Gasteiger partial charge in [0.05, 0.1) is 0 Å². The Morgan fingerprint density at radius 1 is 0.862 bits per heavy atom. The van der Waals surface area contributed by atoms with E-state index >= 15 is 0 Å². The molecule has 0 unspecified atom stereocenters. The molecule has 2 aromatic heterocycles. The number of aromatic nitrogens is 2. The number of carbonyl (C=O) groups excluding carboxylic acids is 1. The average Bonchev–Trinajstić information content (AvgIpc) is 2.76. The molecule has 1 fully saturated rings. The fraction of sp³-hybridized carbons (Fsp3) is 0.261. The third-order valence-electron chi connectivity index (χ3n) is 5.21. The topological polar surface area (TPSA) is 61.4 Å². The first kappa shape index (κ1) is 18.9. The van der Waals surface area contributed by atoms with Crippen molar-refractivity contribution in [3.63, 3.8) is 0 Å². The number of carbonyl (C=O) groups is 1. The molecule has 148 valence electrons. The second-order valence-corrected chi connectivity index (χ2v) is 7.34. The van der Waals surface area contributed by atoms with Gasteiger partial charge in [-0.15, -0.1) is 0 Å². The van der Waals surface area contributed by atoms with E-state index in [1.165, 1.54) is 5.56 Å². The van der Waals surface area contributed by atoms with E-state index in [0.29, 0.717) is 5.56 Å². The van der Waals surface area contributed by atoms with Crippen LogP contribution in [0.3, 0.4) is 0 Å². The molecule has 1 N–H and O–H groups in total. The monoisotopic (exact) mass is 387 g/mol. The number of piperazine rings is 1. The number of benzene rings is 1. The summed E-state index contributed by atoms with van der Waals surface area (Å²) in [6.07, 6.45) is 3.53. The van der Waals surface area contributed by atoms with Crippen molar-refractivity contribution < 1.29 is 4.79 Å². The summed E-state index contributed by atoms with van der Waals surface area (Å²) >= 11 is 0. The number of hydrogen-bond acceptors (Lipinski definition) is 5. The van der Waals surface area contributed by atoms with E-state index in [1.807, 2.05) is 56.4 Å². The van der Waals surface area contributed by atoms with Gasteiger partial charge in [-0.1, -0.05) is 23.8 Å². The number of nitrogens with one attached hydrogen (secondary N) is 1. The molecule has 0 spiro atoms. The first-order chi connectivity index (χ1) is 14.1. The Bertz CT molecular complexity index is 997. The molecule has 0 radical (unpaired) electrons. The third-order valence-corrected chi connectivity index (χ3v) is 5.21. The Hall–Kier alpha value is -3.41. The number of amides is 1. The van der Waals surface area contributed by atoms with Gasteiger partial charge in [-0.2, -0.15) is 0 Å². The van der Waals surface area contributed by atoms with Gasteiger partial charge < -0.3 is 15.1 Å². The van der Waals surface area contributed by atoms with E-state index in [2.05, 4.69) is 31.2 Å². The highest BCUT2D eigenvalue weighted by molar-refractivity contribution is 6.05. The minimum Gasteiger partial charge on any atom is -0.353 e. The van der Waals surface area contributed by atoms with Gasteiger partial charge in [-0.3, -0.25) is 4.79 Å². The van der Waals surface area contributed by atoms with Crippen LogP contribution in [-0.2, 0) is 0 Å². The van der Waals surface area contributed by atoms with Crippen molar-refractivity contribution >= 4 is 23.2 Å². The predicted octanol–water partition coefficient (Wildman–Crippen LogP) is 3.67. The normalized spacial score (nSPS) is 14.0. The van der Waals surface area contributed by atoms with Gasteiger partial charge in [0.2, 0.25) is 0 Å². The molecule has 6 heteroatoms. The number of hydrogen-bond donors (Lipinski definition) is 1. The summed E-state index contributed by atoms with van der Waals surface area (Å²) in [5, 5.41) is 3.01. The third kappa shape index (κ3) is 4.37. The van der Waals surface area contributed by atoms with Crippen molar-refractivity contribution in [1.29, 1.82) is 0 Å². The molecule has 0 bridgehead atoms. The minimum absolute atomic E-state index is 0.118. The summed E-state index contributed by atoms with van der Waals surface area (Å²) in [6, 6.07) is 15.6. The fourth-order valence-corrected chi connectivity index (χ4v) is 3.59. The van der Waals surface area contributed by atoms with Crippen LogP contribution in [0.25, 0.3) is 0 Å². The van der Waals surface area contributed by atoms with Crippen molar-refractivity contribution in [3.05, 3.63) is 77.6 Å². The standard InChI is InChI=1S/C23H25N5O/c1-17-6-7-20(18(2)15-17)26-23(29)19-8-10-25-22(16-19)28-13-11-27(12-14-28)21-5-3-4-9-24-21/h3-10,15-16H,11-14H2,1-2H3,(H,26,29). The molecule has 0 aliphatic carbocycles. The Morgan fingerprint density at radius 2 is 1.59 bits per heavy atom. The number of pyridine rings is 2. The van der Waals surface area contributed by atoms with Crippen LogP contribution < -0.4 is 15.1 Å². The highest BCUT2D eigenvalue weighted by Gasteiger charge is 2.20. The van der Waals surface area contributed by atoms with E-state index in [4.69, 9.17) is 0 Å². The highest BCUT2D eigenvalue weighted by atomic mass is 16.1. The lowest BCUT2D eigenvalue weighted by Gasteiger charge is -2.36. The molecule has 1 aliphatic rings. The summed E-state index contributed by atoms with van der Waals surface area (Å²) in [5.41, 5.74) is 3.68. The molecule has 3 aromatic rings. The highest BCUT2D eigenvalue weighted by Crippen LogP contribution is 2.20. The van der Waals surface area contributed by atoms with E-state index in [1.54, 1.807) is 12.3 Å². The molecule has 1 aliphatic heterocycles. The van der Waals surface area contributed by atoms with Crippen LogP contribution in [0.2, 0.25) is 0 Å². The lowest BCUT2D eigenvalue weighted by atomic mass is 10.1. The van der Waals surface area contributed by atoms with Crippen LogP contribution >= 0.6 is 0 Å². The lowest BCUT2D eigenvalue weighted by Crippen LogP contribution is -2.47. The first-order valence-corrected chi connectivity index (χ1v) is 9.86. The van der Waals surface area contributed by atoms with E-state index < -0.39 is 0 Å². The average molecular weight is 387 g/mol. The zero-order valence-corrected chi connectivity index (χ0v) is 16.8. The van der Waals surface area contributed by atoms with Crippen molar-refractivity contribution in [2.75, 3.05) is 41.3 Å². The predicted molar refractivity (Wildman–Crippen MR) is 117 cm³/mol. The number of anilines is 3. The molecule has 1 saturated heterocycles. The zero-order valence-electron chi connectivity index (χ0n) is 16.8. The Morgan fingerprint density at radius 3 is 2.28 bits per heavy atom. The van der Waals surface area contributed by atoms with Crippen molar-refractivity contribution in [1.82, 2.24) is 9.97 Å². The zero-order chi connectivity index (χ0) is 20.2. The van der Waals surface area contributed by atoms with E-state index in [9.17, 15) is 4.79 Å². The molecule has 3 heterocycles. The minimum atomic E-state index is -0.118. The maximum absolute atomic E-state index is 12.7. The second kappa shape index (κ2) is 8.31. The molecular formula is C23H25N5O. The summed E-state index contributed by atoms with van der Waals surface area (Å²) in [7, 11) is 0. The summed E-state index contributed by atoms with van der Waals surface area (Å²) in [5.74, 6) is 1.72. The molecule has 6 nitrogen and oxygen atoms in total. The van der Waals surface area contributed by atoms with Crippen LogP contribution in [0, 0.1) is 13.8 Å². The number of aryl methyl sites for hydroxylation is 2. The summed E-state index contributed by atoms with van der Waals surface area (Å²) in [6.45, 7) is 7.47. The van der Waals surface area contributed by atoms with Gasteiger partial charge in [0.25, 0.3) is 5.91 Å². The molecule has 0 atom stereocenters. The van der Waals surface area contributed by atoms with Gasteiger partial charge in [0.15, 0.2) is 0 Å². The van der Waals surface area contributed by atoms with Crippen LogP contribution in [0.4, 0.5) is 17.3 Å². The number of nitrogens with zero attached hydrogens (tertiary/aromatic N) is 4. The molecule has 1 amide bonds. The van der Waals surface area contributed by atoms with Gasteiger partial charge in [-0.25, -0.2) is 9.97 Å². The molecular weight excluding hydrogens is 362 g/mol. The first-order valence-electron chi connectivity index (χ1n) is 9.86. The van der Waals surface area contributed by atoms with Crippen LogP contribution in [-0.4, -0.2) is 42.1 Å². The van der Waals surface area contributed by atoms with Crippen molar-refractivity contribution in [2.45, 2.75) is 13.8 Å². The van der Waals surface area contributed by atoms with Gasteiger partial charge in [-0.05, 0) is 49.7 Å². The quantitative estimate of drug-likeness (QED) is 0.740. The Labute approximate surface area is 171 Å². The van der Waals surface area contributed by atoms with Crippen LogP contribution in [0.5, 0.6) is 0 Å². The summed E-state index contributed by atoms with van der Waals surface area (Å²) in [4.78, 5) is 26.2. The molecule has 0 saturated carbocycles. The molecule has 4 rings (SSSR count). The number of rotatable bonds is 4. The smallest absolute Gasteiger partial charge is 0.255 e. The Balaban J connectivity index is 1.43. The van der Waals surface area contributed by atoms with E-state index in [-0.39, 0.29) is 5.91 Å². The van der Waals surface area contributed by atoms with Crippen molar-refractivity contribution in [3.8, 4) is 0 Å². The van der Waals surface area contributed by atoms with Crippen molar-refractivity contribution in [2.24, 2.45) is 0 Å². The maximum atomic E-state index is 12.7. The second-order valence-electron chi connectivity index (χ2n) is 7.34. The largest absolute Gasteiger partial charge is 0.353 e. The van der Waals surface area contributed by atoms with Gasteiger partial charge in [0.1, 0.15) is 11.6 Å². The van der Waals surface area contributed by atoms with E-state index in [0.717, 1.165) is 49.1 Å². The van der Waals surface area contributed by atoms with Gasteiger partial charge >= 0.3 is 0 Å².